The van der Waals surface area contributed by atoms with Gasteiger partial charge >= 0.3 is 0 Å². The number of fused-ring (bicyclic) bond motifs is 1. The van der Waals surface area contributed by atoms with Crippen LogP contribution in [0.15, 0.2) is 11.0 Å². The zero-order chi connectivity index (χ0) is 10.3. The Morgan fingerprint density at radius 2 is 2.43 bits per heavy atom. The summed E-state index contributed by atoms with van der Waals surface area (Å²) in [5.74, 6) is 0.0319. The zero-order valence-corrected chi connectivity index (χ0v) is 7.86. The van der Waals surface area contributed by atoms with Crippen molar-refractivity contribution in [2.24, 2.45) is 5.73 Å². The van der Waals surface area contributed by atoms with Crippen molar-refractivity contribution in [1.82, 2.24) is 9.55 Å². The molecule has 5 heteroatoms. The normalized spacial score (nSPS) is 19.4. The smallest absolute Gasteiger partial charge is 0.285 e. The molecule has 0 aliphatic carbocycles. The highest BCUT2D eigenvalue weighted by atomic mass is 16.2. The first kappa shape index (κ1) is 8.93. The highest BCUT2D eigenvalue weighted by Gasteiger charge is 2.21. The van der Waals surface area contributed by atoms with E-state index in [1.165, 1.54) is 6.20 Å². The van der Waals surface area contributed by atoms with Crippen molar-refractivity contribution in [1.29, 1.82) is 0 Å². The van der Waals surface area contributed by atoms with E-state index in [0.717, 1.165) is 18.7 Å². The van der Waals surface area contributed by atoms with Crippen LogP contribution in [0.2, 0.25) is 0 Å². The van der Waals surface area contributed by atoms with E-state index in [1.54, 1.807) is 0 Å². The molecule has 1 aliphatic heterocycles. The summed E-state index contributed by atoms with van der Waals surface area (Å²) in [4.78, 5) is 26.0. The molecule has 0 radical (unpaired) electrons. The number of nitrogens with two attached hydrogens (primary N) is 1. The van der Waals surface area contributed by atoms with Gasteiger partial charge in [-0.25, -0.2) is 0 Å². The number of rotatable bonds is 1. The van der Waals surface area contributed by atoms with E-state index < -0.39 is 11.5 Å². The van der Waals surface area contributed by atoms with Gasteiger partial charge in [-0.1, -0.05) is 0 Å². The predicted octanol–water partition coefficient (Wildman–Crippen LogP) is -0.151. The first-order valence-corrected chi connectivity index (χ1v) is 4.51. The Bertz CT molecular complexity index is 450. The molecule has 5 nitrogen and oxygen atoms in total. The van der Waals surface area contributed by atoms with Gasteiger partial charge in [-0.3, -0.25) is 9.59 Å². The van der Waals surface area contributed by atoms with Crippen LogP contribution in [0, 0.1) is 0 Å². The molecule has 0 saturated heterocycles. The van der Waals surface area contributed by atoms with Crippen molar-refractivity contribution in [2.75, 3.05) is 0 Å². The number of hydrogen-bond donors (Lipinski definition) is 1. The number of carbonyl (C=O) groups excluding carboxylic acids is 1. The molecule has 14 heavy (non-hydrogen) atoms. The fourth-order valence-corrected chi connectivity index (χ4v) is 1.72. The van der Waals surface area contributed by atoms with Crippen LogP contribution in [0.3, 0.4) is 0 Å². The minimum Gasteiger partial charge on any atom is -0.365 e. The highest BCUT2D eigenvalue weighted by molar-refractivity contribution is 5.92. The Labute approximate surface area is 80.6 Å². The summed E-state index contributed by atoms with van der Waals surface area (Å²) in [5, 5.41) is 0. The molecule has 1 amide bonds. The molecule has 0 fully saturated rings. The maximum Gasteiger partial charge on any atom is 0.285 e. The summed E-state index contributed by atoms with van der Waals surface area (Å²) >= 11 is 0. The molecule has 74 valence electrons. The lowest BCUT2D eigenvalue weighted by atomic mass is 10.2. The molecular formula is C9H11N3O2. The molecule has 2 rings (SSSR count). The van der Waals surface area contributed by atoms with Gasteiger partial charge in [-0.2, -0.15) is 4.98 Å². The van der Waals surface area contributed by atoms with Gasteiger partial charge in [0, 0.05) is 18.7 Å². The largest absolute Gasteiger partial charge is 0.365 e. The van der Waals surface area contributed by atoms with Crippen molar-refractivity contribution in [2.45, 2.75) is 25.8 Å². The standard InChI is InChI=1S/C9H11N3O2/c1-5-2-3-7-11-9(14)6(8(10)13)4-12(5)7/h4-5H,2-3H2,1H3,(H2,10,13). The molecule has 2 N–H and O–H groups in total. The van der Waals surface area contributed by atoms with Crippen LogP contribution >= 0.6 is 0 Å². The number of nitrogens with zero attached hydrogens (tertiary/aromatic N) is 2. The maximum atomic E-state index is 11.3. The average molecular weight is 193 g/mol. The van der Waals surface area contributed by atoms with Crippen molar-refractivity contribution in [3.63, 3.8) is 0 Å². The SMILES string of the molecule is CC1CCc2nc(=O)c(C(N)=O)cn21. The Hall–Kier alpha value is -1.65. The topological polar surface area (TPSA) is 78.0 Å². The van der Waals surface area contributed by atoms with E-state index in [1.807, 2.05) is 11.5 Å². The van der Waals surface area contributed by atoms with Gasteiger partial charge in [0.1, 0.15) is 11.4 Å². The lowest BCUT2D eigenvalue weighted by molar-refractivity contribution is 0.0998. The van der Waals surface area contributed by atoms with Crippen LogP contribution in [-0.4, -0.2) is 15.5 Å². The Balaban J connectivity index is 2.63. The molecule has 0 saturated carbocycles. The van der Waals surface area contributed by atoms with Gasteiger partial charge in [0.05, 0.1) is 0 Å². The summed E-state index contributed by atoms with van der Waals surface area (Å²) in [5.41, 5.74) is 4.52. The van der Waals surface area contributed by atoms with Crippen LogP contribution in [0.5, 0.6) is 0 Å². The second-order valence-electron chi connectivity index (χ2n) is 3.54. The number of amides is 1. The highest BCUT2D eigenvalue weighted by Crippen LogP contribution is 2.22. The Morgan fingerprint density at radius 3 is 3.07 bits per heavy atom. The van der Waals surface area contributed by atoms with E-state index in [2.05, 4.69) is 4.98 Å². The van der Waals surface area contributed by atoms with Crippen molar-refractivity contribution in [3.05, 3.63) is 27.9 Å². The number of aryl methyl sites for hydroxylation is 1. The lowest BCUT2D eigenvalue weighted by Gasteiger charge is -2.09. The van der Waals surface area contributed by atoms with E-state index in [-0.39, 0.29) is 11.6 Å². The van der Waals surface area contributed by atoms with Gasteiger partial charge < -0.3 is 10.3 Å². The molecular weight excluding hydrogens is 182 g/mol. The van der Waals surface area contributed by atoms with Crippen molar-refractivity contribution < 1.29 is 4.79 Å². The number of carbonyl (C=O) groups is 1. The van der Waals surface area contributed by atoms with Crippen LogP contribution in [0.1, 0.15) is 35.6 Å². The van der Waals surface area contributed by atoms with Gasteiger partial charge in [0.2, 0.25) is 0 Å². The summed E-state index contributed by atoms with van der Waals surface area (Å²) in [6.45, 7) is 2.02. The number of aromatic nitrogens is 2. The second-order valence-corrected chi connectivity index (χ2v) is 3.54. The van der Waals surface area contributed by atoms with Crippen LogP contribution in [-0.2, 0) is 6.42 Å². The fourth-order valence-electron chi connectivity index (χ4n) is 1.72. The number of primary amides is 1. The summed E-state index contributed by atoms with van der Waals surface area (Å²) in [6, 6.07) is 0.288. The van der Waals surface area contributed by atoms with Gasteiger partial charge in [0.25, 0.3) is 11.5 Å². The number of hydrogen-bond acceptors (Lipinski definition) is 3. The third-order valence-electron chi connectivity index (χ3n) is 2.55. The molecule has 0 spiro atoms. The molecule has 1 aliphatic rings. The first-order chi connectivity index (χ1) is 6.59. The van der Waals surface area contributed by atoms with Crippen LogP contribution in [0.4, 0.5) is 0 Å². The first-order valence-electron chi connectivity index (χ1n) is 4.51. The monoisotopic (exact) mass is 193 g/mol. The quantitative estimate of drug-likeness (QED) is 0.673. The van der Waals surface area contributed by atoms with Crippen molar-refractivity contribution >= 4 is 5.91 Å². The van der Waals surface area contributed by atoms with Crippen LogP contribution in [0.25, 0.3) is 0 Å². The van der Waals surface area contributed by atoms with Gasteiger partial charge in [-0.15, -0.1) is 0 Å². The zero-order valence-electron chi connectivity index (χ0n) is 7.86. The molecule has 2 heterocycles. The minimum atomic E-state index is -0.711. The second kappa shape index (κ2) is 2.94. The summed E-state index contributed by atoms with van der Waals surface area (Å²) < 4.78 is 1.85. The maximum absolute atomic E-state index is 11.3. The molecule has 1 atom stereocenters. The van der Waals surface area contributed by atoms with Gasteiger partial charge in [0.15, 0.2) is 0 Å². The fraction of sp³-hybridized carbons (Fsp3) is 0.444. The van der Waals surface area contributed by atoms with Crippen molar-refractivity contribution in [3.8, 4) is 0 Å². The molecule has 1 aromatic rings. The van der Waals surface area contributed by atoms with E-state index in [0.29, 0.717) is 0 Å². The Morgan fingerprint density at radius 1 is 1.71 bits per heavy atom. The van der Waals surface area contributed by atoms with E-state index >= 15 is 0 Å². The third-order valence-corrected chi connectivity index (χ3v) is 2.55. The lowest BCUT2D eigenvalue weighted by Crippen LogP contribution is -2.26. The molecule has 0 aromatic carbocycles. The van der Waals surface area contributed by atoms with Crippen LogP contribution < -0.4 is 11.3 Å². The van der Waals surface area contributed by atoms with Gasteiger partial charge in [-0.05, 0) is 13.3 Å². The summed E-state index contributed by atoms with van der Waals surface area (Å²) in [7, 11) is 0. The van der Waals surface area contributed by atoms with E-state index in [4.69, 9.17) is 5.73 Å². The average Bonchev–Trinajstić information content (AvgIpc) is 2.46. The van der Waals surface area contributed by atoms with E-state index in [9.17, 15) is 9.59 Å². The summed E-state index contributed by atoms with van der Waals surface area (Å²) in [6.07, 6.45) is 3.26. The minimum absolute atomic E-state index is 0.0255. The Kier molecular flexibility index (Phi) is 1.87. The predicted molar refractivity (Wildman–Crippen MR) is 50.0 cm³/mol. The molecule has 1 aromatic heterocycles. The molecule has 1 unspecified atom stereocenters. The third kappa shape index (κ3) is 1.21. The molecule has 0 bridgehead atoms.